The van der Waals surface area contributed by atoms with Gasteiger partial charge in [-0.05, 0) is 30.4 Å². The summed E-state index contributed by atoms with van der Waals surface area (Å²) in [5.41, 5.74) is 5.65. The van der Waals surface area contributed by atoms with Gasteiger partial charge in [-0.1, -0.05) is 42.5 Å². The van der Waals surface area contributed by atoms with Gasteiger partial charge in [0.15, 0.2) is 5.82 Å². The Bertz CT molecular complexity index is 958. The number of nitrogens with one attached hydrogen (secondary N) is 1. The van der Waals surface area contributed by atoms with Crippen molar-refractivity contribution in [2.75, 3.05) is 5.43 Å². The number of rotatable bonds is 3. The van der Waals surface area contributed by atoms with Crippen LogP contribution >= 0.6 is 11.3 Å². The van der Waals surface area contributed by atoms with Gasteiger partial charge in [0.2, 0.25) is 0 Å². The van der Waals surface area contributed by atoms with Crippen molar-refractivity contribution >= 4 is 33.1 Å². The minimum absolute atomic E-state index is 0.609. The normalized spacial score (nSPS) is 23.4. The number of anilines is 1. The molecule has 0 spiro atoms. The third kappa shape index (κ3) is 2.24. The molecule has 2 atom stereocenters. The molecule has 1 aromatic carbocycles. The van der Waals surface area contributed by atoms with Gasteiger partial charge in [-0.2, -0.15) is 5.10 Å². The zero-order chi connectivity index (χ0) is 15.9. The number of thiophene rings is 1. The first-order valence-electron chi connectivity index (χ1n) is 8.17. The number of hydrogen-bond acceptors (Lipinski definition) is 5. The van der Waals surface area contributed by atoms with E-state index in [0.717, 1.165) is 28.9 Å². The van der Waals surface area contributed by atoms with E-state index in [0.29, 0.717) is 11.8 Å². The van der Waals surface area contributed by atoms with Gasteiger partial charge in [0.1, 0.15) is 11.2 Å². The van der Waals surface area contributed by atoms with Crippen LogP contribution in [-0.2, 0) is 0 Å². The summed E-state index contributed by atoms with van der Waals surface area (Å²) in [4.78, 5) is 11.0. The minimum atomic E-state index is 0.609. The maximum absolute atomic E-state index is 4.62. The van der Waals surface area contributed by atoms with Crippen molar-refractivity contribution in [3.63, 3.8) is 0 Å². The highest BCUT2D eigenvalue weighted by atomic mass is 32.1. The van der Waals surface area contributed by atoms with Crippen molar-refractivity contribution in [3.05, 3.63) is 54.9 Å². The maximum Gasteiger partial charge on any atom is 0.158 e. The van der Waals surface area contributed by atoms with Crippen LogP contribution in [0.2, 0.25) is 0 Å². The Morgan fingerprint density at radius 2 is 2.08 bits per heavy atom. The van der Waals surface area contributed by atoms with E-state index < -0.39 is 0 Å². The minimum Gasteiger partial charge on any atom is -0.261 e. The highest BCUT2D eigenvalue weighted by molar-refractivity contribution is 7.21. The summed E-state index contributed by atoms with van der Waals surface area (Å²) in [7, 11) is 0. The van der Waals surface area contributed by atoms with Gasteiger partial charge in [-0.15, -0.1) is 11.3 Å². The largest absolute Gasteiger partial charge is 0.261 e. The molecule has 0 radical (unpaired) electrons. The molecule has 0 aliphatic heterocycles. The van der Waals surface area contributed by atoms with Crippen molar-refractivity contribution in [2.45, 2.75) is 12.8 Å². The second-order valence-corrected chi connectivity index (χ2v) is 7.30. The Kier molecular flexibility index (Phi) is 3.19. The smallest absolute Gasteiger partial charge is 0.158 e. The number of hydrogen-bond donors (Lipinski definition) is 1. The van der Waals surface area contributed by atoms with Crippen LogP contribution in [0.15, 0.2) is 60.0 Å². The van der Waals surface area contributed by atoms with Gasteiger partial charge in [-0.3, -0.25) is 5.43 Å². The molecule has 5 rings (SSSR count). The highest BCUT2D eigenvalue weighted by Crippen LogP contribution is 2.40. The molecule has 2 aromatic heterocycles. The van der Waals surface area contributed by atoms with Gasteiger partial charge >= 0.3 is 0 Å². The third-order valence-corrected chi connectivity index (χ3v) is 5.95. The fourth-order valence-corrected chi connectivity index (χ4v) is 4.48. The van der Waals surface area contributed by atoms with Crippen LogP contribution in [0, 0.1) is 11.8 Å². The molecule has 2 heterocycles. The summed E-state index contributed by atoms with van der Waals surface area (Å²) in [5, 5.41) is 5.65. The van der Waals surface area contributed by atoms with Crippen molar-refractivity contribution < 1.29 is 0 Å². The van der Waals surface area contributed by atoms with Crippen LogP contribution in [0.5, 0.6) is 0 Å². The van der Waals surface area contributed by atoms with E-state index >= 15 is 0 Å². The van der Waals surface area contributed by atoms with Crippen molar-refractivity contribution in [2.24, 2.45) is 16.9 Å². The predicted molar refractivity (Wildman–Crippen MR) is 99.3 cm³/mol. The van der Waals surface area contributed by atoms with E-state index in [1.54, 1.807) is 17.7 Å². The monoisotopic (exact) mass is 332 g/mol. The van der Waals surface area contributed by atoms with E-state index in [2.05, 4.69) is 63.0 Å². The second-order valence-electron chi connectivity index (χ2n) is 6.27. The summed E-state index contributed by atoms with van der Waals surface area (Å²) in [6.45, 7) is 0. The lowest BCUT2D eigenvalue weighted by molar-refractivity contribution is 0.466. The lowest BCUT2D eigenvalue weighted by Gasteiger charge is -2.31. The molecule has 4 nitrogen and oxygen atoms in total. The van der Waals surface area contributed by atoms with E-state index in [1.165, 1.54) is 16.2 Å². The predicted octanol–water partition coefficient (Wildman–Crippen LogP) is 4.72. The van der Waals surface area contributed by atoms with Gasteiger partial charge in [0.25, 0.3) is 0 Å². The van der Waals surface area contributed by atoms with Crippen LogP contribution in [0.3, 0.4) is 0 Å². The zero-order valence-corrected chi connectivity index (χ0v) is 13.8. The Balaban J connectivity index is 1.46. The van der Waals surface area contributed by atoms with Gasteiger partial charge in [0, 0.05) is 16.5 Å². The quantitative estimate of drug-likeness (QED) is 0.557. The number of fused-ring (bicyclic) bond motifs is 2. The van der Waals surface area contributed by atoms with Crippen molar-refractivity contribution in [1.82, 2.24) is 9.97 Å². The zero-order valence-electron chi connectivity index (χ0n) is 13.0. The second kappa shape index (κ2) is 5.53. The standard InChI is InChI=1S/C19H16N4S/c1-2-5-12(6-3-1)17-10-15-18(20-11-21-19(15)24-17)23-22-16-9-13-7-4-8-14(13)16/h1-7,10-11,13-14H,8-9H2,(H,20,21,23)/b22-16+/t13-,14-/m1/s1. The number of aromatic nitrogens is 2. The molecule has 5 heteroatoms. The molecule has 2 aliphatic carbocycles. The SMILES string of the molecule is C1=C[C@@H]2C/C(=N\Nc3ncnc4sc(-c5ccccc5)cc34)[C@@H]2C1. The summed E-state index contributed by atoms with van der Waals surface area (Å²) in [5.74, 6) is 2.11. The molecule has 0 saturated heterocycles. The van der Waals surface area contributed by atoms with Gasteiger partial charge < -0.3 is 0 Å². The van der Waals surface area contributed by atoms with Crippen LogP contribution in [0.25, 0.3) is 20.7 Å². The first-order valence-corrected chi connectivity index (χ1v) is 8.99. The third-order valence-electron chi connectivity index (χ3n) is 4.86. The molecule has 118 valence electrons. The molecule has 1 N–H and O–H groups in total. The molecule has 0 unspecified atom stereocenters. The molecular weight excluding hydrogens is 316 g/mol. The fraction of sp³-hybridized carbons (Fsp3) is 0.211. The summed E-state index contributed by atoms with van der Waals surface area (Å²) in [6, 6.07) is 12.5. The molecular formula is C19H16N4S. The van der Waals surface area contributed by atoms with E-state index in [4.69, 9.17) is 0 Å². The summed E-state index contributed by atoms with van der Waals surface area (Å²) < 4.78 is 0. The fourth-order valence-electron chi connectivity index (χ4n) is 3.48. The molecule has 3 aromatic rings. The van der Waals surface area contributed by atoms with Crippen molar-refractivity contribution in [3.8, 4) is 10.4 Å². The van der Waals surface area contributed by atoms with Gasteiger partial charge in [0.05, 0.1) is 5.39 Å². The van der Waals surface area contributed by atoms with Crippen LogP contribution < -0.4 is 5.43 Å². The number of nitrogens with zero attached hydrogens (tertiary/aromatic N) is 3. The Morgan fingerprint density at radius 1 is 1.17 bits per heavy atom. The lowest BCUT2D eigenvalue weighted by Crippen LogP contribution is -2.33. The summed E-state index contributed by atoms with van der Waals surface area (Å²) in [6.07, 6.45) is 8.39. The van der Waals surface area contributed by atoms with E-state index in [1.807, 2.05) is 6.07 Å². The molecule has 1 fully saturated rings. The molecule has 24 heavy (non-hydrogen) atoms. The first-order chi connectivity index (χ1) is 11.9. The topological polar surface area (TPSA) is 50.2 Å². The Hall–Kier alpha value is -2.53. The van der Waals surface area contributed by atoms with Gasteiger partial charge in [-0.25, -0.2) is 9.97 Å². The van der Waals surface area contributed by atoms with E-state index in [9.17, 15) is 0 Å². The molecule has 0 amide bonds. The molecule has 0 bridgehead atoms. The Morgan fingerprint density at radius 3 is 2.96 bits per heavy atom. The van der Waals surface area contributed by atoms with E-state index in [-0.39, 0.29) is 0 Å². The Labute approximate surface area is 144 Å². The number of allylic oxidation sites excluding steroid dienone is 2. The summed E-state index contributed by atoms with van der Waals surface area (Å²) >= 11 is 1.68. The lowest BCUT2D eigenvalue weighted by atomic mass is 9.74. The van der Waals surface area contributed by atoms with Crippen LogP contribution in [-0.4, -0.2) is 15.7 Å². The van der Waals surface area contributed by atoms with Crippen molar-refractivity contribution in [1.29, 1.82) is 0 Å². The molecule has 2 aliphatic rings. The van der Waals surface area contributed by atoms with Crippen LogP contribution in [0.4, 0.5) is 5.82 Å². The average Bonchev–Trinajstić information content (AvgIpc) is 3.20. The van der Waals surface area contributed by atoms with Crippen LogP contribution in [0.1, 0.15) is 12.8 Å². The number of benzene rings is 1. The maximum atomic E-state index is 4.62. The highest BCUT2D eigenvalue weighted by Gasteiger charge is 2.37. The average molecular weight is 332 g/mol. The number of hydrazone groups is 1. The first kappa shape index (κ1) is 13.9. The molecule has 1 saturated carbocycles.